The van der Waals surface area contributed by atoms with E-state index in [0.29, 0.717) is 0 Å². The quantitative estimate of drug-likeness (QED) is 0.542. The normalized spacial score (nSPS) is 16.5. The molecule has 2 N–H and O–H groups in total. The predicted octanol–water partition coefficient (Wildman–Crippen LogP) is 2.84. The Morgan fingerprint density at radius 1 is 1.11 bits per heavy atom. The highest BCUT2D eigenvalue weighted by Crippen LogP contribution is 2.24. The van der Waals surface area contributed by atoms with Crippen LogP contribution in [-0.2, 0) is 13.1 Å². The molecule has 0 saturated carbocycles. The summed E-state index contributed by atoms with van der Waals surface area (Å²) < 4.78 is 5.71. The van der Waals surface area contributed by atoms with Crippen molar-refractivity contribution in [2.75, 3.05) is 40.8 Å². The Morgan fingerprint density at radius 2 is 1.86 bits per heavy atom. The summed E-state index contributed by atoms with van der Waals surface area (Å²) in [6.07, 6.45) is 4.27. The lowest BCUT2D eigenvalue weighted by Gasteiger charge is -2.26. The molecule has 0 aliphatic carbocycles. The largest absolute Gasteiger partial charge is 0.468 e. The average Bonchev–Trinajstić information content (AvgIpc) is 3.40. The number of likely N-dealkylation sites (tertiary alicyclic amines) is 1. The first-order valence-corrected chi connectivity index (χ1v) is 10.1. The summed E-state index contributed by atoms with van der Waals surface area (Å²) >= 11 is 0. The molecule has 152 valence electrons. The standard InChI is InChI=1S/C22H33N5O/c1-23-22(24-15-18-9-4-5-10-19(18)17-26(2)3)25-16-20(21-11-8-14-28-21)27-12-6-7-13-27/h4-5,8-11,14,20H,6-7,12-13,15-17H2,1-3H3,(H2,23,24,25). The highest BCUT2D eigenvalue weighted by atomic mass is 16.3. The third kappa shape index (κ3) is 5.59. The zero-order valence-electron chi connectivity index (χ0n) is 17.3. The molecule has 1 fully saturated rings. The van der Waals surface area contributed by atoms with E-state index >= 15 is 0 Å². The van der Waals surface area contributed by atoms with Gasteiger partial charge < -0.3 is 20.0 Å². The molecule has 2 aromatic rings. The molecule has 0 amide bonds. The van der Waals surface area contributed by atoms with Gasteiger partial charge in [0.2, 0.25) is 0 Å². The zero-order chi connectivity index (χ0) is 19.8. The minimum Gasteiger partial charge on any atom is -0.468 e. The van der Waals surface area contributed by atoms with Crippen LogP contribution >= 0.6 is 0 Å². The Morgan fingerprint density at radius 3 is 2.50 bits per heavy atom. The number of rotatable bonds is 8. The zero-order valence-corrected chi connectivity index (χ0v) is 17.3. The Balaban J connectivity index is 1.58. The summed E-state index contributed by atoms with van der Waals surface area (Å²) in [4.78, 5) is 9.09. The molecule has 0 radical (unpaired) electrons. The van der Waals surface area contributed by atoms with Crippen molar-refractivity contribution in [2.45, 2.75) is 32.0 Å². The Bertz CT molecular complexity index is 735. The maximum atomic E-state index is 5.71. The van der Waals surface area contributed by atoms with Crippen LogP contribution in [0.15, 0.2) is 52.1 Å². The molecule has 1 unspecified atom stereocenters. The number of guanidine groups is 1. The molecule has 6 nitrogen and oxygen atoms in total. The topological polar surface area (TPSA) is 56.0 Å². The molecule has 6 heteroatoms. The molecule has 0 spiro atoms. The van der Waals surface area contributed by atoms with Crippen molar-refractivity contribution in [3.05, 3.63) is 59.5 Å². The van der Waals surface area contributed by atoms with Crippen molar-refractivity contribution in [2.24, 2.45) is 4.99 Å². The summed E-state index contributed by atoms with van der Waals surface area (Å²) in [5.74, 6) is 1.83. The van der Waals surface area contributed by atoms with Crippen LogP contribution in [0.4, 0.5) is 0 Å². The highest BCUT2D eigenvalue weighted by molar-refractivity contribution is 5.79. The molecule has 1 atom stereocenters. The molecular formula is C22H33N5O. The van der Waals surface area contributed by atoms with Crippen LogP contribution in [-0.4, -0.2) is 56.5 Å². The van der Waals surface area contributed by atoms with Crippen molar-refractivity contribution >= 4 is 5.96 Å². The van der Waals surface area contributed by atoms with Gasteiger partial charge in [-0.1, -0.05) is 24.3 Å². The third-order valence-electron chi connectivity index (χ3n) is 5.19. The van der Waals surface area contributed by atoms with Crippen LogP contribution in [0.3, 0.4) is 0 Å². The fraction of sp³-hybridized carbons (Fsp3) is 0.500. The van der Waals surface area contributed by atoms with E-state index in [0.717, 1.165) is 44.4 Å². The molecule has 1 aliphatic heterocycles. The lowest BCUT2D eigenvalue weighted by Crippen LogP contribution is -2.42. The lowest BCUT2D eigenvalue weighted by molar-refractivity contribution is 0.215. The van der Waals surface area contributed by atoms with Crippen molar-refractivity contribution in [1.82, 2.24) is 20.4 Å². The monoisotopic (exact) mass is 383 g/mol. The fourth-order valence-electron chi connectivity index (χ4n) is 3.76. The number of nitrogens with one attached hydrogen (secondary N) is 2. The van der Waals surface area contributed by atoms with Gasteiger partial charge in [0.25, 0.3) is 0 Å². The minimum atomic E-state index is 0.233. The van der Waals surface area contributed by atoms with E-state index in [-0.39, 0.29) is 6.04 Å². The van der Waals surface area contributed by atoms with E-state index in [1.54, 1.807) is 6.26 Å². The maximum absolute atomic E-state index is 5.71. The number of hydrogen-bond acceptors (Lipinski definition) is 4. The molecule has 1 aromatic heterocycles. The molecule has 1 saturated heterocycles. The number of aliphatic imine (C=N–C) groups is 1. The van der Waals surface area contributed by atoms with Crippen molar-refractivity contribution in [3.63, 3.8) is 0 Å². The van der Waals surface area contributed by atoms with Gasteiger partial charge in [0, 0.05) is 26.7 Å². The second kappa shape index (κ2) is 10.3. The van der Waals surface area contributed by atoms with E-state index in [4.69, 9.17) is 4.42 Å². The molecular weight excluding hydrogens is 350 g/mol. The van der Waals surface area contributed by atoms with Crippen molar-refractivity contribution in [3.8, 4) is 0 Å². The molecule has 28 heavy (non-hydrogen) atoms. The summed E-state index contributed by atoms with van der Waals surface area (Å²) in [6, 6.07) is 12.8. The van der Waals surface area contributed by atoms with Gasteiger partial charge in [-0.05, 0) is 63.3 Å². The van der Waals surface area contributed by atoms with Gasteiger partial charge in [-0.25, -0.2) is 0 Å². The smallest absolute Gasteiger partial charge is 0.191 e. The number of furan rings is 1. The van der Waals surface area contributed by atoms with Crippen LogP contribution < -0.4 is 10.6 Å². The van der Waals surface area contributed by atoms with Crippen LogP contribution in [0.1, 0.15) is 35.8 Å². The number of nitrogens with zero attached hydrogens (tertiary/aromatic N) is 3. The predicted molar refractivity (Wildman–Crippen MR) is 114 cm³/mol. The average molecular weight is 384 g/mol. The number of hydrogen-bond donors (Lipinski definition) is 2. The molecule has 1 aromatic carbocycles. The van der Waals surface area contributed by atoms with Gasteiger partial charge in [-0.2, -0.15) is 0 Å². The second-order valence-corrected chi connectivity index (χ2v) is 7.59. The Hall–Kier alpha value is -2.31. The second-order valence-electron chi connectivity index (χ2n) is 7.59. The van der Waals surface area contributed by atoms with Gasteiger partial charge in [0.1, 0.15) is 5.76 Å². The summed E-state index contributed by atoms with van der Waals surface area (Å²) in [5, 5.41) is 6.95. The molecule has 2 heterocycles. The van der Waals surface area contributed by atoms with E-state index in [9.17, 15) is 0 Å². The number of benzene rings is 1. The molecule has 1 aliphatic rings. The van der Waals surface area contributed by atoms with Gasteiger partial charge in [0.15, 0.2) is 5.96 Å². The maximum Gasteiger partial charge on any atom is 0.191 e. The first-order valence-electron chi connectivity index (χ1n) is 10.1. The van der Waals surface area contributed by atoms with Gasteiger partial charge in [-0.15, -0.1) is 0 Å². The van der Waals surface area contributed by atoms with Crippen LogP contribution in [0.25, 0.3) is 0 Å². The van der Waals surface area contributed by atoms with Crippen molar-refractivity contribution < 1.29 is 4.42 Å². The highest BCUT2D eigenvalue weighted by Gasteiger charge is 2.25. The summed E-state index contributed by atoms with van der Waals surface area (Å²) in [7, 11) is 6.01. The molecule has 0 bridgehead atoms. The van der Waals surface area contributed by atoms with E-state index in [2.05, 4.69) is 69.9 Å². The summed E-state index contributed by atoms with van der Waals surface area (Å²) in [6.45, 7) is 4.69. The minimum absolute atomic E-state index is 0.233. The lowest BCUT2D eigenvalue weighted by atomic mass is 10.1. The van der Waals surface area contributed by atoms with Crippen LogP contribution in [0, 0.1) is 0 Å². The van der Waals surface area contributed by atoms with Crippen molar-refractivity contribution in [1.29, 1.82) is 0 Å². The van der Waals surface area contributed by atoms with E-state index in [1.165, 1.54) is 24.0 Å². The van der Waals surface area contributed by atoms with Gasteiger partial charge in [-0.3, -0.25) is 9.89 Å². The molecule has 3 rings (SSSR count). The fourth-order valence-corrected chi connectivity index (χ4v) is 3.76. The van der Waals surface area contributed by atoms with Gasteiger partial charge >= 0.3 is 0 Å². The van der Waals surface area contributed by atoms with Crippen LogP contribution in [0.2, 0.25) is 0 Å². The van der Waals surface area contributed by atoms with E-state index in [1.807, 2.05) is 13.1 Å². The Kier molecular flexibility index (Phi) is 7.51. The first-order chi connectivity index (χ1) is 13.7. The third-order valence-corrected chi connectivity index (χ3v) is 5.19. The van der Waals surface area contributed by atoms with E-state index < -0.39 is 0 Å². The summed E-state index contributed by atoms with van der Waals surface area (Å²) in [5.41, 5.74) is 2.63. The first kappa shape index (κ1) is 20.4. The van der Waals surface area contributed by atoms with Crippen LogP contribution in [0.5, 0.6) is 0 Å². The SMILES string of the molecule is CN=C(NCc1ccccc1CN(C)C)NCC(c1ccco1)N1CCCC1. The Labute approximate surface area is 168 Å². The van der Waals surface area contributed by atoms with Gasteiger partial charge in [0.05, 0.1) is 12.3 Å².